The van der Waals surface area contributed by atoms with Gasteiger partial charge in [-0.2, -0.15) is 0 Å². The molecule has 1 aromatic heterocycles. The van der Waals surface area contributed by atoms with Gasteiger partial charge < -0.3 is 10.2 Å². The van der Waals surface area contributed by atoms with Crippen LogP contribution in [0.15, 0.2) is 57.4 Å². The maximum atomic E-state index is 6.24. The summed E-state index contributed by atoms with van der Waals surface area (Å²) in [5, 5.41) is 1.70. The second-order valence-electron chi connectivity index (χ2n) is 4.37. The Bertz CT molecular complexity index is 685. The summed E-state index contributed by atoms with van der Waals surface area (Å²) in [5.41, 5.74) is 8.00. The van der Waals surface area contributed by atoms with E-state index in [4.69, 9.17) is 21.8 Å². The zero-order chi connectivity index (χ0) is 13.4. The Hall–Kier alpha value is -1.29. The molecule has 4 heteroatoms. The van der Waals surface area contributed by atoms with Gasteiger partial charge in [0.05, 0.1) is 6.04 Å². The molecule has 96 valence electrons. The van der Waals surface area contributed by atoms with E-state index in [1.54, 1.807) is 0 Å². The smallest absolute Gasteiger partial charge is 0.134 e. The van der Waals surface area contributed by atoms with Crippen LogP contribution in [0.5, 0.6) is 0 Å². The van der Waals surface area contributed by atoms with Crippen LogP contribution in [0.2, 0.25) is 5.02 Å². The zero-order valence-electron chi connectivity index (χ0n) is 9.94. The van der Waals surface area contributed by atoms with Crippen LogP contribution in [0.1, 0.15) is 17.4 Å². The van der Waals surface area contributed by atoms with E-state index in [0.717, 1.165) is 26.8 Å². The summed E-state index contributed by atoms with van der Waals surface area (Å²) in [6.45, 7) is 0. The van der Waals surface area contributed by atoms with E-state index in [2.05, 4.69) is 15.9 Å². The topological polar surface area (TPSA) is 39.2 Å². The number of nitrogens with two attached hydrogens (primary N) is 1. The van der Waals surface area contributed by atoms with Gasteiger partial charge in [-0.25, -0.2) is 0 Å². The lowest BCUT2D eigenvalue weighted by Crippen LogP contribution is -2.10. The van der Waals surface area contributed by atoms with Crippen molar-refractivity contribution in [3.63, 3.8) is 0 Å². The molecule has 2 nitrogen and oxygen atoms in total. The molecule has 0 radical (unpaired) electrons. The average molecular weight is 337 g/mol. The van der Waals surface area contributed by atoms with E-state index in [1.807, 2.05) is 48.5 Å². The van der Waals surface area contributed by atoms with Crippen molar-refractivity contribution in [3.8, 4) is 0 Å². The highest BCUT2D eigenvalue weighted by molar-refractivity contribution is 9.10. The van der Waals surface area contributed by atoms with Crippen LogP contribution in [0.3, 0.4) is 0 Å². The predicted molar refractivity (Wildman–Crippen MR) is 81.4 cm³/mol. The van der Waals surface area contributed by atoms with Crippen molar-refractivity contribution in [2.75, 3.05) is 0 Å². The van der Waals surface area contributed by atoms with Gasteiger partial charge in [0.1, 0.15) is 11.3 Å². The predicted octanol–water partition coefficient (Wildman–Crippen LogP) is 4.90. The summed E-state index contributed by atoms with van der Waals surface area (Å²) in [5.74, 6) is 0.732. The van der Waals surface area contributed by atoms with Crippen LogP contribution in [0, 0.1) is 0 Å². The normalized spacial score (nSPS) is 12.8. The van der Waals surface area contributed by atoms with Crippen LogP contribution >= 0.6 is 27.5 Å². The largest absolute Gasteiger partial charge is 0.459 e. The van der Waals surface area contributed by atoms with Crippen molar-refractivity contribution in [1.82, 2.24) is 0 Å². The number of furan rings is 1. The van der Waals surface area contributed by atoms with Crippen molar-refractivity contribution < 1.29 is 4.42 Å². The van der Waals surface area contributed by atoms with Crippen LogP contribution in [0.25, 0.3) is 11.0 Å². The molecule has 19 heavy (non-hydrogen) atoms. The van der Waals surface area contributed by atoms with Gasteiger partial charge in [0.2, 0.25) is 0 Å². The Morgan fingerprint density at radius 3 is 2.63 bits per heavy atom. The summed E-state index contributed by atoms with van der Waals surface area (Å²) >= 11 is 9.46. The Labute approximate surface area is 124 Å². The highest BCUT2D eigenvalue weighted by Crippen LogP contribution is 2.29. The highest BCUT2D eigenvalue weighted by atomic mass is 79.9. The maximum Gasteiger partial charge on any atom is 0.134 e. The van der Waals surface area contributed by atoms with Crippen molar-refractivity contribution in [1.29, 1.82) is 0 Å². The molecule has 3 aromatic rings. The first kappa shape index (κ1) is 12.7. The quantitative estimate of drug-likeness (QED) is 0.723. The number of halogens is 2. The lowest BCUT2D eigenvalue weighted by molar-refractivity contribution is 0.525. The van der Waals surface area contributed by atoms with Gasteiger partial charge in [0, 0.05) is 14.9 Å². The Balaban J connectivity index is 2.05. The second-order valence-corrected chi connectivity index (χ2v) is 5.72. The molecule has 0 aliphatic rings. The summed E-state index contributed by atoms with van der Waals surface area (Å²) < 4.78 is 6.68. The van der Waals surface area contributed by atoms with E-state index < -0.39 is 0 Å². The fourth-order valence-corrected chi connectivity index (χ4v) is 2.96. The number of hydrogen-bond acceptors (Lipinski definition) is 2. The maximum absolute atomic E-state index is 6.24. The van der Waals surface area contributed by atoms with Gasteiger partial charge >= 0.3 is 0 Å². The molecule has 1 unspecified atom stereocenters. The van der Waals surface area contributed by atoms with Gasteiger partial charge in [-0.3, -0.25) is 0 Å². The summed E-state index contributed by atoms with van der Waals surface area (Å²) in [6.07, 6.45) is 0. The second kappa shape index (κ2) is 5.00. The van der Waals surface area contributed by atoms with Crippen molar-refractivity contribution in [2.24, 2.45) is 5.73 Å². The minimum Gasteiger partial charge on any atom is -0.459 e. The molecule has 1 heterocycles. The minimum absolute atomic E-state index is 0.331. The Kier molecular flexibility index (Phi) is 3.35. The number of benzene rings is 2. The molecule has 3 rings (SSSR count). The van der Waals surface area contributed by atoms with Gasteiger partial charge in [-0.15, -0.1) is 0 Å². The monoisotopic (exact) mass is 335 g/mol. The zero-order valence-corrected chi connectivity index (χ0v) is 12.3. The molecule has 0 aliphatic carbocycles. The Morgan fingerprint density at radius 1 is 1.11 bits per heavy atom. The van der Waals surface area contributed by atoms with Crippen LogP contribution < -0.4 is 5.73 Å². The SMILES string of the molecule is NC(c1cc(Cl)cc(Br)c1)c1cc2ccccc2o1. The van der Waals surface area contributed by atoms with E-state index in [-0.39, 0.29) is 6.04 Å². The summed E-state index contributed by atoms with van der Waals surface area (Å²) in [4.78, 5) is 0. The average Bonchev–Trinajstić information content (AvgIpc) is 2.80. The number of fused-ring (bicyclic) bond motifs is 1. The fourth-order valence-electron chi connectivity index (χ4n) is 2.07. The lowest BCUT2D eigenvalue weighted by Gasteiger charge is -2.10. The molecule has 2 N–H and O–H groups in total. The van der Waals surface area contributed by atoms with Crippen LogP contribution in [0.4, 0.5) is 0 Å². The summed E-state index contributed by atoms with van der Waals surface area (Å²) in [6, 6.07) is 15.1. The van der Waals surface area contributed by atoms with Gasteiger partial charge in [-0.1, -0.05) is 45.7 Å². The minimum atomic E-state index is -0.331. The summed E-state index contributed by atoms with van der Waals surface area (Å²) in [7, 11) is 0. The number of rotatable bonds is 2. The standard InChI is InChI=1S/C15H11BrClNO/c16-11-5-10(6-12(17)8-11)15(18)14-7-9-3-1-2-4-13(9)19-14/h1-8,15H,18H2. The lowest BCUT2D eigenvalue weighted by atomic mass is 10.1. The molecule has 0 bridgehead atoms. The third-order valence-corrected chi connectivity index (χ3v) is 3.67. The van der Waals surface area contributed by atoms with Crippen molar-refractivity contribution >= 4 is 38.5 Å². The molecular weight excluding hydrogens is 326 g/mol. The van der Waals surface area contributed by atoms with E-state index >= 15 is 0 Å². The molecule has 2 aromatic carbocycles. The van der Waals surface area contributed by atoms with Gasteiger partial charge in [0.15, 0.2) is 0 Å². The van der Waals surface area contributed by atoms with Gasteiger partial charge in [0.25, 0.3) is 0 Å². The van der Waals surface area contributed by atoms with Gasteiger partial charge in [-0.05, 0) is 35.9 Å². The van der Waals surface area contributed by atoms with E-state index in [0.29, 0.717) is 5.02 Å². The molecule has 0 spiro atoms. The van der Waals surface area contributed by atoms with Crippen LogP contribution in [-0.2, 0) is 0 Å². The van der Waals surface area contributed by atoms with E-state index in [1.165, 1.54) is 0 Å². The molecular formula is C15H11BrClNO. The van der Waals surface area contributed by atoms with Crippen molar-refractivity contribution in [2.45, 2.75) is 6.04 Å². The number of para-hydroxylation sites is 1. The fraction of sp³-hybridized carbons (Fsp3) is 0.0667. The van der Waals surface area contributed by atoms with Crippen molar-refractivity contribution in [3.05, 3.63) is 69.3 Å². The third kappa shape index (κ3) is 2.54. The molecule has 0 saturated heterocycles. The Morgan fingerprint density at radius 2 is 1.89 bits per heavy atom. The molecule has 0 saturated carbocycles. The molecule has 0 fully saturated rings. The third-order valence-electron chi connectivity index (χ3n) is 3.00. The first-order valence-electron chi connectivity index (χ1n) is 5.83. The first-order chi connectivity index (χ1) is 9.13. The first-order valence-corrected chi connectivity index (χ1v) is 7.00. The molecule has 1 atom stereocenters. The molecule has 0 aliphatic heterocycles. The highest BCUT2D eigenvalue weighted by Gasteiger charge is 2.15. The molecule has 0 amide bonds. The number of hydrogen-bond donors (Lipinski definition) is 1. The van der Waals surface area contributed by atoms with E-state index in [9.17, 15) is 0 Å². The van der Waals surface area contributed by atoms with Crippen LogP contribution in [-0.4, -0.2) is 0 Å².